The van der Waals surface area contributed by atoms with Crippen LogP contribution in [-0.4, -0.2) is 74.2 Å². The van der Waals surface area contributed by atoms with Crippen molar-refractivity contribution in [2.45, 2.75) is 12.8 Å². The Labute approximate surface area is 102 Å². The van der Waals surface area contributed by atoms with Gasteiger partial charge in [0.05, 0.1) is 13.2 Å². The highest BCUT2D eigenvalue weighted by Crippen LogP contribution is 1.98. The molecule has 0 aromatic heterocycles. The van der Waals surface area contributed by atoms with Gasteiger partial charge in [0, 0.05) is 34.2 Å². The van der Waals surface area contributed by atoms with Gasteiger partial charge in [0.15, 0.2) is 0 Å². The van der Waals surface area contributed by atoms with E-state index in [1.165, 1.54) is 4.90 Å². The third kappa shape index (κ3) is 8.65. The molecule has 6 heteroatoms. The molecular formula is C11H22N2O4. The number of amides is 1. The number of carboxylic acid groups (broad SMARTS) is 1. The van der Waals surface area contributed by atoms with E-state index in [-0.39, 0.29) is 12.5 Å². The molecule has 100 valence electrons. The molecule has 1 amide bonds. The van der Waals surface area contributed by atoms with Gasteiger partial charge in [-0.2, -0.15) is 0 Å². The monoisotopic (exact) mass is 246 g/mol. The minimum atomic E-state index is -0.861. The number of rotatable bonds is 9. The molecule has 0 heterocycles. The Morgan fingerprint density at radius 3 is 2.35 bits per heavy atom. The van der Waals surface area contributed by atoms with Crippen LogP contribution >= 0.6 is 0 Å². The first-order valence-electron chi connectivity index (χ1n) is 5.60. The summed E-state index contributed by atoms with van der Waals surface area (Å²) in [4.78, 5) is 25.3. The molecule has 0 fully saturated rings. The van der Waals surface area contributed by atoms with Gasteiger partial charge < -0.3 is 14.7 Å². The van der Waals surface area contributed by atoms with E-state index in [4.69, 9.17) is 9.84 Å². The lowest BCUT2D eigenvalue weighted by molar-refractivity contribution is -0.138. The van der Waals surface area contributed by atoms with Crippen molar-refractivity contribution in [3.63, 3.8) is 0 Å². The highest BCUT2D eigenvalue weighted by atomic mass is 16.5. The van der Waals surface area contributed by atoms with Crippen LogP contribution in [0.4, 0.5) is 0 Å². The fourth-order valence-corrected chi connectivity index (χ4v) is 1.36. The molecule has 0 aliphatic rings. The lowest BCUT2D eigenvalue weighted by Crippen LogP contribution is -2.34. The van der Waals surface area contributed by atoms with E-state index >= 15 is 0 Å². The smallest absolute Gasteiger partial charge is 0.317 e. The van der Waals surface area contributed by atoms with Crippen LogP contribution < -0.4 is 0 Å². The van der Waals surface area contributed by atoms with E-state index in [1.807, 2.05) is 0 Å². The van der Waals surface area contributed by atoms with Crippen LogP contribution in [0.5, 0.6) is 0 Å². The molecular weight excluding hydrogens is 224 g/mol. The number of hydrogen-bond acceptors (Lipinski definition) is 4. The molecule has 0 spiro atoms. The topological polar surface area (TPSA) is 70.1 Å². The maximum Gasteiger partial charge on any atom is 0.317 e. The van der Waals surface area contributed by atoms with E-state index in [9.17, 15) is 9.59 Å². The first-order chi connectivity index (χ1) is 7.97. The SMILES string of the molecule is COCCN(CCCC(=O)N(C)C)CC(=O)O. The average Bonchev–Trinajstić information content (AvgIpc) is 2.24. The number of nitrogens with zero attached hydrogens (tertiary/aromatic N) is 2. The molecule has 6 nitrogen and oxygen atoms in total. The van der Waals surface area contributed by atoms with Gasteiger partial charge in [-0.3, -0.25) is 14.5 Å². The molecule has 0 atom stereocenters. The molecule has 0 aromatic rings. The third-order valence-corrected chi connectivity index (χ3v) is 2.33. The summed E-state index contributed by atoms with van der Waals surface area (Å²) in [5.74, 6) is -0.799. The molecule has 0 aliphatic carbocycles. The summed E-state index contributed by atoms with van der Waals surface area (Å²) < 4.78 is 4.91. The van der Waals surface area contributed by atoms with Crippen LogP contribution in [-0.2, 0) is 14.3 Å². The van der Waals surface area contributed by atoms with Gasteiger partial charge >= 0.3 is 5.97 Å². The predicted molar refractivity (Wildman–Crippen MR) is 63.9 cm³/mol. The molecule has 1 N–H and O–H groups in total. The van der Waals surface area contributed by atoms with Crippen LogP contribution in [0.1, 0.15) is 12.8 Å². The molecule has 0 radical (unpaired) electrons. The van der Waals surface area contributed by atoms with Crippen LogP contribution in [0.3, 0.4) is 0 Å². The summed E-state index contributed by atoms with van der Waals surface area (Å²) in [6.07, 6.45) is 1.10. The Kier molecular flexibility index (Phi) is 8.35. The Morgan fingerprint density at radius 2 is 1.88 bits per heavy atom. The summed E-state index contributed by atoms with van der Waals surface area (Å²) in [6.45, 7) is 1.64. The molecule has 0 unspecified atom stereocenters. The third-order valence-electron chi connectivity index (χ3n) is 2.33. The van der Waals surface area contributed by atoms with E-state index in [0.717, 1.165) is 0 Å². The zero-order chi connectivity index (χ0) is 13.3. The molecule has 0 bridgehead atoms. The predicted octanol–water partition coefficient (Wildman–Crippen LogP) is -0.112. The van der Waals surface area contributed by atoms with Gasteiger partial charge in [-0.1, -0.05) is 0 Å². The molecule has 0 saturated heterocycles. The number of ether oxygens (including phenoxy) is 1. The molecule has 0 rings (SSSR count). The lowest BCUT2D eigenvalue weighted by Gasteiger charge is -2.19. The summed E-state index contributed by atoms with van der Waals surface area (Å²) in [7, 11) is 5.00. The first kappa shape index (κ1) is 15.9. The van der Waals surface area contributed by atoms with Gasteiger partial charge in [-0.15, -0.1) is 0 Å². The number of hydrogen-bond donors (Lipinski definition) is 1. The van der Waals surface area contributed by atoms with Crippen LogP contribution in [0.15, 0.2) is 0 Å². The first-order valence-corrected chi connectivity index (χ1v) is 5.60. The van der Waals surface area contributed by atoms with Crippen molar-refractivity contribution in [2.75, 3.05) is 47.4 Å². The van der Waals surface area contributed by atoms with E-state index in [0.29, 0.717) is 32.5 Å². The lowest BCUT2D eigenvalue weighted by atomic mass is 10.2. The summed E-state index contributed by atoms with van der Waals surface area (Å²) in [6, 6.07) is 0. The second-order valence-electron chi connectivity index (χ2n) is 4.05. The molecule has 0 aromatic carbocycles. The Bertz CT molecular complexity index is 244. The zero-order valence-corrected chi connectivity index (χ0v) is 10.8. The zero-order valence-electron chi connectivity index (χ0n) is 10.8. The maximum absolute atomic E-state index is 11.3. The standard InChI is InChI=1S/C11H22N2O4/c1-12(2)10(14)5-4-6-13(7-8-17-3)9-11(15)16/h4-9H2,1-3H3,(H,15,16). The highest BCUT2D eigenvalue weighted by Gasteiger charge is 2.10. The van der Waals surface area contributed by atoms with Crippen LogP contribution in [0, 0.1) is 0 Å². The number of carboxylic acids is 1. The Hall–Kier alpha value is -1.14. The van der Waals surface area contributed by atoms with Gasteiger partial charge in [-0.05, 0) is 13.0 Å². The average molecular weight is 246 g/mol. The van der Waals surface area contributed by atoms with Crippen molar-refractivity contribution in [2.24, 2.45) is 0 Å². The molecule has 0 aliphatic heterocycles. The minimum absolute atomic E-state index is 0.0144. The van der Waals surface area contributed by atoms with E-state index in [1.54, 1.807) is 26.1 Å². The van der Waals surface area contributed by atoms with Crippen molar-refractivity contribution in [3.8, 4) is 0 Å². The quantitative estimate of drug-likeness (QED) is 0.614. The second-order valence-corrected chi connectivity index (χ2v) is 4.05. The normalized spacial score (nSPS) is 10.6. The number of carbonyl (C=O) groups is 2. The van der Waals surface area contributed by atoms with Crippen molar-refractivity contribution in [1.82, 2.24) is 9.80 Å². The minimum Gasteiger partial charge on any atom is -0.480 e. The molecule has 0 saturated carbocycles. The summed E-state index contributed by atoms with van der Waals surface area (Å²) in [5, 5.41) is 8.72. The second kappa shape index (κ2) is 8.95. The van der Waals surface area contributed by atoms with Crippen LogP contribution in [0.25, 0.3) is 0 Å². The van der Waals surface area contributed by atoms with Gasteiger partial charge in [-0.25, -0.2) is 0 Å². The fraction of sp³-hybridized carbons (Fsp3) is 0.818. The largest absolute Gasteiger partial charge is 0.480 e. The van der Waals surface area contributed by atoms with Crippen LogP contribution in [0.2, 0.25) is 0 Å². The van der Waals surface area contributed by atoms with Crippen molar-refractivity contribution >= 4 is 11.9 Å². The van der Waals surface area contributed by atoms with Gasteiger partial charge in [0.1, 0.15) is 0 Å². The Morgan fingerprint density at radius 1 is 1.24 bits per heavy atom. The van der Waals surface area contributed by atoms with E-state index < -0.39 is 5.97 Å². The van der Waals surface area contributed by atoms with Gasteiger partial charge in [0.2, 0.25) is 5.91 Å². The number of aliphatic carboxylic acids is 1. The van der Waals surface area contributed by atoms with Crippen molar-refractivity contribution in [3.05, 3.63) is 0 Å². The number of carbonyl (C=O) groups excluding carboxylic acids is 1. The molecule has 17 heavy (non-hydrogen) atoms. The maximum atomic E-state index is 11.3. The van der Waals surface area contributed by atoms with Crippen molar-refractivity contribution in [1.29, 1.82) is 0 Å². The van der Waals surface area contributed by atoms with Gasteiger partial charge in [0.25, 0.3) is 0 Å². The summed E-state index contributed by atoms with van der Waals surface area (Å²) in [5.41, 5.74) is 0. The van der Waals surface area contributed by atoms with E-state index in [2.05, 4.69) is 0 Å². The van der Waals surface area contributed by atoms with Crippen molar-refractivity contribution < 1.29 is 19.4 Å². The summed E-state index contributed by atoms with van der Waals surface area (Å²) >= 11 is 0. The highest BCUT2D eigenvalue weighted by molar-refractivity contribution is 5.75. The Balaban J connectivity index is 3.90. The number of methoxy groups -OCH3 is 1. The fourth-order valence-electron chi connectivity index (χ4n) is 1.36.